The molecule has 1 N–H and O–H groups in total. The molecule has 4 rings (SSSR count). The van der Waals surface area contributed by atoms with Crippen molar-refractivity contribution in [1.29, 1.82) is 0 Å². The number of methoxy groups -OCH3 is 2. The van der Waals surface area contributed by atoms with Crippen LogP contribution in [0.1, 0.15) is 75.7 Å². The Hall–Kier alpha value is -2.46. The van der Waals surface area contributed by atoms with Crippen molar-refractivity contribution in [3.63, 3.8) is 0 Å². The maximum Gasteiger partial charge on any atom is 0.352 e. The first-order chi connectivity index (χ1) is 17.7. The number of rotatable bonds is 8. The Morgan fingerprint density at radius 3 is 2.42 bits per heavy atom. The summed E-state index contributed by atoms with van der Waals surface area (Å²) in [7, 11) is 3.10. The standard InChI is InChI=1S/C28H38F2N2O5S/c1-25(2)15-26(3,4)17-27(34,16-25)28(29,30)24(33)32-11-7-8-20(32)23-31-13-19(38-23)14-37-18-9-10-21(35-5)22(12-18)36-6/h9-10,12-13,20,34H,7-8,11,14-17H2,1-6H3/t20-/m0/s1. The predicted octanol–water partition coefficient (Wildman–Crippen LogP) is 6.01. The average molecular weight is 553 g/mol. The van der Waals surface area contributed by atoms with Crippen molar-refractivity contribution in [3.05, 3.63) is 34.3 Å². The first-order valence-corrected chi connectivity index (χ1v) is 13.7. The Kier molecular flexibility index (Phi) is 7.71. The minimum atomic E-state index is -3.90. The summed E-state index contributed by atoms with van der Waals surface area (Å²) in [6.07, 6.45) is 3.23. The van der Waals surface area contributed by atoms with Crippen LogP contribution in [0.15, 0.2) is 24.4 Å². The minimum absolute atomic E-state index is 0.129. The van der Waals surface area contributed by atoms with Gasteiger partial charge in [-0.25, -0.2) is 4.98 Å². The number of thiazole rings is 1. The summed E-state index contributed by atoms with van der Waals surface area (Å²) in [5, 5.41) is 11.9. The fraction of sp³-hybridized carbons (Fsp3) is 0.643. The molecule has 1 aliphatic carbocycles. The first-order valence-electron chi connectivity index (χ1n) is 12.9. The van der Waals surface area contributed by atoms with Crippen molar-refractivity contribution >= 4 is 17.2 Å². The van der Waals surface area contributed by atoms with Gasteiger partial charge in [0.15, 0.2) is 11.5 Å². The third kappa shape index (κ3) is 5.61. The number of nitrogens with zero attached hydrogens (tertiary/aromatic N) is 2. The molecule has 38 heavy (non-hydrogen) atoms. The highest BCUT2D eigenvalue weighted by molar-refractivity contribution is 7.11. The number of likely N-dealkylation sites (tertiary alicyclic amines) is 1. The molecule has 210 valence electrons. The molecule has 1 aromatic carbocycles. The van der Waals surface area contributed by atoms with E-state index in [4.69, 9.17) is 14.2 Å². The summed E-state index contributed by atoms with van der Waals surface area (Å²) in [5.41, 5.74) is -3.42. The molecule has 1 saturated carbocycles. The number of hydrogen-bond donors (Lipinski definition) is 1. The highest BCUT2D eigenvalue weighted by Gasteiger charge is 2.65. The van der Waals surface area contributed by atoms with Crippen LogP contribution >= 0.6 is 11.3 Å². The van der Waals surface area contributed by atoms with Gasteiger partial charge in [0.05, 0.1) is 25.1 Å². The van der Waals surface area contributed by atoms with E-state index in [-0.39, 0.29) is 26.0 Å². The molecule has 1 amide bonds. The van der Waals surface area contributed by atoms with Gasteiger partial charge in [0.2, 0.25) is 0 Å². The zero-order chi connectivity index (χ0) is 27.9. The summed E-state index contributed by atoms with van der Waals surface area (Å²) in [4.78, 5) is 19.8. The van der Waals surface area contributed by atoms with Gasteiger partial charge in [-0.2, -0.15) is 8.78 Å². The van der Waals surface area contributed by atoms with Gasteiger partial charge in [-0.1, -0.05) is 27.7 Å². The van der Waals surface area contributed by atoms with Crippen LogP contribution < -0.4 is 14.2 Å². The van der Waals surface area contributed by atoms with E-state index in [1.54, 1.807) is 38.6 Å². The molecule has 2 fully saturated rings. The van der Waals surface area contributed by atoms with Gasteiger partial charge < -0.3 is 24.2 Å². The largest absolute Gasteiger partial charge is 0.493 e. The molecular formula is C28H38F2N2O5S. The molecule has 2 aromatic rings. The van der Waals surface area contributed by atoms with E-state index < -0.39 is 34.3 Å². The highest BCUT2D eigenvalue weighted by atomic mass is 32.1. The number of carbonyl (C=O) groups is 1. The van der Waals surface area contributed by atoms with Crippen LogP contribution in [0.3, 0.4) is 0 Å². The Morgan fingerprint density at radius 2 is 1.79 bits per heavy atom. The van der Waals surface area contributed by atoms with Crippen LogP contribution in [0, 0.1) is 10.8 Å². The van der Waals surface area contributed by atoms with Gasteiger partial charge in [0.25, 0.3) is 5.91 Å². The van der Waals surface area contributed by atoms with Crippen molar-refractivity contribution in [2.75, 3.05) is 20.8 Å². The Bertz CT molecular complexity index is 1150. The number of benzene rings is 1. The second kappa shape index (κ2) is 10.3. The van der Waals surface area contributed by atoms with Gasteiger partial charge in [0.1, 0.15) is 23.0 Å². The van der Waals surface area contributed by atoms with E-state index in [9.17, 15) is 9.90 Å². The van der Waals surface area contributed by atoms with E-state index in [2.05, 4.69) is 4.98 Å². The van der Waals surface area contributed by atoms with Gasteiger partial charge in [-0.15, -0.1) is 11.3 Å². The second-order valence-corrected chi connectivity index (χ2v) is 13.2. The van der Waals surface area contributed by atoms with Crippen LogP contribution in [-0.4, -0.2) is 53.2 Å². The fourth-order valence-electron chi connectivity index (χ4n) is 6.54. The van der Waals surface area contributed by atoms with Crippen molar-refractivity contribution in [2.24, 2.45) is 10.8 Å². The maximum absolute atomic E-state index is 15.8. The van der Waals surface area contributed by atoms with Crippen LogP contribution in [-0.2, 0) is 11.4 Å². The summed E-state index contributed by atoms with van der Waals surface area (Å²) in [6, 6.07) is 4.68. The van der Waals surface area contributed by atoms with Crippen LogP contribution in [0.4, 0.5) is 8.78 Å². The normalized spacial score (nSPS) is 22.2. The molecule has 0 bridgehead atoms. The number of aromatic nitrogens is 1. The van der Waals surface area contributed by atoms with E-state index in [0.29, 0.717) is 41.5 Å². The lowest BCUT2D eigenvalue weighted by Crippen LogP contribution is -2.62. The molecule has 2 aliphatic rings. The maximum atomic E-state index is 15.8. The molecule has 0 unspecified atom stereocenters. The van der Waals surface area contributed by atoms with Crippen molar-refractivity contribution in [3.8, 4) is 17.2 Å². The summed E-state index contributed by atoms with van der Waals surface area (Å²) >= 11 is 1.34. The first kappa shape index (κ1) is 28.5. The highest BCUT2D eigenvalue weighted by Crippen LogP contribution is 2.55. The quantitative estimate of drug-likeness (QED) is 0.432. The predicted molar refractivity (Wildman–Crippen MR) is 141 cm³/mol. The molecule has 10 heteroatoms. The third-order valence-electron chi connectivity index (χ3n) is 7.46. The van der Waals surface area contributed by atoms with Gasteiger partial charge in [-0.3, -0.25) is 4.79 Å². The van der Waals surface area contributed by atoms with E-state index in [1.165, 1.54) is 16.2 Å². The molecule has 0 radical (unpaired) electrons. The third-order valence-corrected chi connectivity index (χ3v) is 8.53. The van der Waals surface area contributed by atoms with Crippen molar-refractivity contribution in [1.82, 2.24) is 9.88 Å². The number of halogens is 2. The number of hydrogen-bond acceptors (Lipinski definition) is 7. The summed E-state index contributed by atoms with van der Waals surface area (Å²) < 4.78 is 48.1. The Morgan fingerprint density at radius 1 is 1.13 bits per heavy atom. The van der Waals surface area contributed by atoms with Gasteiger partial charge in [0, 0.05) is 18.8 Å². The number of amides is 1. The molecule has 1 saturated heterocycles. The lowest BCUT2D eigenvalue weighted by molar-refractivity contribution is -0.231. The molecule has 1 atom stereocenters. The Labute approximate surface area is 227 Å². The molecule has 1 aromatic heterocycles. The molecular weight excluding hydrogens is 514 g/mol. The lowest BCUT2D eigenvalue weighted by Gasteiger charge is -2.51. The topological polar surface area (TPSA) is 81.1 Å². The minimum Gasteiger partial charge on any atom is -0.493 e. The fourth-order valence-corrected chi connectivity index (χ4v) is 7.52. The molecule has 0 spiro atoms. The smallest absolute Gasteiger partial charge is 0.352 e. The zero-order valence-corrected chi connectivity index (χ0v) is 23.8. The Balaban J connectivity index is 1.48. The van der Waals surface area contributed by atoms with Gasteiger partial charge >= 0.3 is 5.92 Å². The van der Waals surface area contributed by atoms with Gasteiger partial charge in [-0.05, 0) is 55.1 Å². The monoisotopic (exact) mass is 552 g/mol. The van der Waals surface area contributed by atoms with E-state index in [1.807, 2.05) is 27.7 Å². The molecule has 2 heterocycles. The number of ether oxygens (including phenoxy) is 3. The van der Waals surface area contributed by atoms with Crippen molar-refractivity contribution < 1.29 is 32.9 Å². The second-order valence-electron chi connectivity index (χ2n) is 12.1. The van der Waals surface area contributed by atoms with Crippen LogP contribution in [0.25, 0.3) is 0 Å². The van der Waals surface area contributed by atoms with E-state index >= 15 is 8.78 Å². The number of aliphatic hydroxyl groups is 1. The molecule has 1 aliphatic heterocycles. The number of carbonyl (C=O) groups excluding carboxylic acids is 1. The SMILES string of the molecule is COc1ccc(OCc2cnc([C@@H]3CCCN3C(=O)C(F)(F)C3(O)CC(C)(C)CC(C)(C)C3)s2)cc1OC. The zero-order valence-electron chi connectivity index (χ0n) is 23.0. The number of alkyl halides is 2. The lowest BCUT2D eigenvalue weighted by atomic mass is 9.58. The average Bonchev–Trinajstić information content (AvgIpc) is 3.49. The summed E-state index contributed by atoms with van der Waals surface area (Å²) in [6.45, 7) is 7.93. The molecule has 7 nitrogen and oxygen atoms in total. The van der Waals surface area contributed by atoms with Crippen LogP contribution in [0.2, 0.25) is 0 Å². The van der Waals surface area contributed by atoms with E-state index in [0.717, 1.165) is 4.88 Å². The van der Waals surface area contributed by atoms with Crippen molar-refractivity contribution in [2.45, 2.75) is 84.0 Å². The summed E-state index contributed by atoms with van der Waals surface area (Å²) in [5.74, 6) is -3.49. The van der Waals surface area contributed by atoms with Crippen LogP contribution in [0.5, 0.6) is 17.2 Å².